The number of aromatic hydroxyl groups is 1. The van der Waals surface area contributed by atoms with E-state index in [4.69, 9.17) is 4.74 Å². The highest BCUT2D eigenvalue weighted by Gasteiger charge is 2.40. The third-order valence-electron chi connectivity index (χ3n) is 5.11. The highest BCUT2D eigenvalue weighted by molar-refractivity contribution is 6.01. The van der Waals surface area contributed by atoms with Gasteiger partial charge < -0.3 is 15.2 Å². The fraction of sp³-hybridized carbons (Fsp3) is 0.100. The van der Waals surface area contributed by atoms with Crippen LogP contribution >= 0.6 is 0 Å². The molecule has 2 aliphatic heterocycles. The van der Waals surface area contributed by atoms with Gasteiger partial charge in [0.15, 0.2) is 5.75 Å². The summed E-state index contributed by atoms with van der Waals surface area (Å²) in [7, 11) is 0. The van der Waals surface area contributed by atoms with Crippen molar-refractivity contribution >= 4 is 28.2 Å². The molecule has 138 valence electrons. The first-order valence-corrected chi connectivity index (χ1v) is 8.56. The van der Waals surface area contributed by atoms with Crippen molar-refractivity contribution in [3.8, 4) is 5.75 Å². The molecule has 3 heterocycles. The average molecular weight is 375 g/mol. The van der Waals surface area contributed by atoms with Crippen molar-refractivity contribution in [1.29, 1.82) is 0 Å². The zero-order valence-electron chi connectivity index (χ0n) is 14.4. The van der Waals surface area contributed by atoms with E-state index in [2.05, 4.69) is 10.3 Å². The Kier molecular flexibility index (Phi) is 3.35. The van der Waals surface area contributed by atoms with E-state index in [1.165, 1.54) is 12.1 Å². The topological polar surface area (TPSA) is 115 Å². The van der Waals surface area contributed by atoms with Gasteiger partial charge in [-0.1, -0.05) is 12.1 Å². The zero-order valence-corrected chi connectivity index (χ0v) is 14.4. The number of phenolic OH excluding ortho intramolecular Hbond substituents is 1. The van der Waals surface area contributed by atoms with Gasteiger partial charge in [0, 0.05) is 29.3 Å². The standard InChI is InChI=1S/C20H13N3O5/c24-16-6-3-10(8-15(16)23(26)27)17-18-11-2-1-7-21-12(11)4-5-13(18)22-14-9-28-20(25)19(14)17/h1-8,17,22,24H,9H2. The van der Waals surface area contributed by atoms with Crippen LogP contribution in [0, 0.1) is 10.1 Å². The number of pyridine rings is 1. The number of benzene rings is 2. The first-order valence-electron chi connectivity index (χ1n) is 8.56. The number of cyclic esters (lactones) is 1. The summed E-state index contributed by atoms with van der Waals surface area (Å²) in [6, 6.07) is 11.6. The van der Waals surface area contributed by atoms with Crippen molar-refractivity contribution < 1.29 is 19.6 Å². The minimum atomic E-state index is -0.645. The van der Waals surface area contributed by atoms with Crippen LogP contribution in [0.25, 0.3) is 10.9 Å². The van der Waals surface area contributed by atoms with E-state index >= 15 is 0 Å². The molecule has 0 fully saturated rings. The molecule has 0 saturated carbocycles. The van der Waals surface area contributed by atoms with E-state index in [-0.39, 0.29) is 6.61 Å². The number of carbonyl (C=O) groups is 1. The second kappa shape index (κ2) is 5.78. The lowest BCUT2D eigenvalue weighted by Crippen LogP contribution is -2.20. The van der Waals surface area contributed by atoms with Crippen molar-refractivity contribution in [1.82, 2.24) is 4.98 Å². The maximum Gasteiger partial charge on any atom is 0.337 e. The summed E-state index contributed by atoms with van der Waals surface area (Å²) in [5.74, 6) is -1.46. The van der Waals surface area contributed by atoms with Crippen molar-refractivity contribution in [3.05, 3.63) is 81.2 Å². The lowest BCUT2D eigenvalue weighted by Gasteiger charge is -2.28. The number of aromatic nitrogens is 1. The second-order valence-electron chi connectivity index (χ2n) is 6.63. The lowest BCUT2D eigenvalue weighted by atomic mass is 9.79. The Morgan fingerprint density at radius 1 is 1.25 bits per heavy atom. The molecule has 28 heavy (non-hydrogen) atoms. The highest BCUT2D eigenvalue weighted by atomic mass is 16.6. The second-order valence-corrected chi connectivity index (χ2v) is 6.63. The number of nitro groups is 1. The smallest absolute Gasteiger partial charge is 0.337 e. The molecule has 1 atom stereocenters. The molecule has 5 rings (SSSR count). The summed E-state index contributed by atoms with van der Waals surface area (Å²) >= 11 is 0. The monoisotopic (exact) mass is 375 g/mol. The van der Waals surface area contributed by atoms with Crippen LogP contribution in [0.4, 0.5) is 11.4 Å². The van der Waals surface area contributed by atoms with E-state index in [0.29, 0.717) is 16.8 Å². The fourth-order valence-electron chi connectivity index (χ4n) is 3.91. The predicted molar refractivity (Wildman–Crippen MR) is 100.0 cm³/mol. The molecule has 0 aliphatic carbocycles. The number of fused-ring (bicyclic) bond motifs is 3. The number of hydrogen-bond donors (Lipinski definition) is 2. The Bertz CT molecular complexity index is 1220. The average Bonchev–Trinajstić information content (AvgIpc) is 3.07. The summed E-state index contributed by atoms with van der Waals surface area (Å²) in [5.41, 5.74) is 3.50. The number of phenols is 1. The summed E-state index contributed by atoms with van der Waals surface area (Å²) in [6.07, 6.45) is 1.68. The van der Waals surface area contributed by atoms with Crippen LogP contribution in [0.3, 0.4) is 0 Å². The molecule has 0 bridgehead atoms. The van der Waals surface area contributed by atoms with Crippen LogP contribution in [0.5, 0.6) is 5.75 Å². The number of ether oxygens (including phenoxy) is 1. The van der Waals surface area contributed by atoms with Crippen molar-refractivity contribution in [2.24, 2.45) is 0 Å². The van der Waals surface area contributed by atoms with Gasteiger partial charge in [0.05, 0.1) is 21.7 Å². The quantitative estimate of drug-likeness (QED) is 0.401. The number of hydrogen-bond acceptors (Lipinski definition) is 7. The first kappa shape index (κ1) is 16.2. The Morgan fingerprint density at radius 2 is 2.11 bits per heavy atom. The van der Waals surface area contributed by atoms with Gasteiger partial charge >= 0.3 is 11.7 Å². The minimum absolute atomic E-state index is 0.120. The molecule has 8 nitrogen and oxygen atoms in total. The molecule has 0 radical (unpaired) electrons. The molecule has 0 saturated heterocycles. The molecule has 1 aromatic heterocycles. The van der Waals surface area contributed by atoms with E-state index in [0.717, 1.165) is 22.2 Å². The van der Waals surface area contributed by atoms with Gasteiger partial charge in [-0.15, -0.1) is 0 Å². The predicted octanol–water partition coefficient (Wildman–Crippen LogP) is 3.22. The van der Waals surface area contributed by atoms with Gasteiger partial charge in [-0.25, -0.2) is 4.79 Å². The molecule has 2 N–H and O–H groups in total. The molecule has 0 amide bonds. The number of anilines is 1. The maximum absolute atomic E-state index is 12.5. The molecule has 2 aromatic carbocycles. The van der Waals surface area contributed by atoms with Crippen LogP contribution in [-0.4, -0.2) is 27.6 Å². The Labute approximate surface area is 158 Å². The number of esters is 1. The molecule has 1 unspecified atom stereocenters. The summed E-state index contributed by atoms with van der Waals surface area (Å²) in [4.78, 5) is 27.6. The van der Waals surface area contributed by atoms with E-state index in [1.807, 2.05) is 18.2 Å². The largest absolute Gasteiger partial charge is 0.502 e. The Balaban J connectivity index is 1.83. The zero-order chi connectivity index (χ0) is 19.4. The molecule has 8 heteroatoms. The lowest BCUT2D eigenvalue weighted by molar-refractivity contribution is -0.385. The maximum atomic E-state index is 12.5. The summed E-state index contributed by atoms with van der Waals surface area (Å²) < 4.78 is 5.22. The minimum Gasteiger partial charge on any atom is -0.502 e. The SMILES string of the molecule is O=C1OCC2=C1C(c1ccc(O)c([N+](=O)[O-])c1)c1c(ccc3ncccc13)N2. The van der Waals surface area contributed by atoms with Crippen LogP contribution in [-0.2, 0) is 9.53 Å². The van der Waals surface area contributed by atoms with Crippen molar-refractivity contribution in [3.63, 3.8) is 0 Å². The van der Waals surface area contributed by atoms with Gasteiger partial charge in [0.2, 0.25) is 0 Å². The summed E-state index contributed by atoms with van der Waals surface area (Å²) in [6.45, 7) is 0.120. The summed E-state index contributed by atoms with van der Waals surface area (Å²) in [5, 5.41) is 25.3. The third-order valence-corrected chi connectivity index (χ3v) is 5.11. The van der Waals surface area contributed by atoms with Gasteiger partial charge in [0.1, 0.15) is 6.61 Å². The van der Waals surface area contributed by atoms with E-state index in [1.54, 1.807) is 18.3 Å². The van der Waals surface area contributed by atoms with Crippen molar-refractivity contribution in [2.45, 2.75) is 5.92 Å². The van der Waals surface area contributed by atoms with E-state index < -0.39 is 28.2 Å². The Hall–Kier alpha value is -3.94. The van der Waals surface area contributed by atoms with Crippen LogP contribution in [0.15, 0.2) is 59.9 Å². The van der Waals surface area contributed by atoms with Crippen LogP contribution in [0.2, 0.25) is 0 Å². The first-order chi connectivity index (χ1) is 13.5. The molecular formula is C20H13N3O5. The van der Waals surface area contributed by atoms with Gasteiger partial charge in [0.25, 0.3) is 0 Å². The number of carbonyl (C=O) groups excluding carboxylic acids is 1. The number of nitro benzene ring substituents is 1. The van der Waals surface area contributed by atoms with Crippen molar-refractivity contribution in [2.75, 3.05) is 11.9 Å². The van der Waals surface area contributed by atoms with Crippen LogP contribution in [0.1, 0.15) is 17.0 Å². The fourth-order valence-corrected chi connectivity index (χ4v) is 3.91. The van der Waals surface area contributed by atoms with Gasteiger partial charge in [-0.05, 0) is 35.4 Å². The normalized spacial score (nSPS) is 17.7. The number of rotatable bonds is 2. The highest BCUT2D eigenvalue weighted by Crippen LogP contribution is 2.47. The number of nitrogens with one attached hydrogen (secondary N) is 1. The van der Waals surface area contributed by atoms with Crippen LogP contribution < -0.4 is 5.32 Å². The Morgan fingerprint density at radius 3 is 2.93 bits per heavy atom. The molecule has 2 aliphatic rings. The molecule has 3 aromatic rings. The number of nitrogens with zero attached hydrogens (tertiary/aromatic N) is 2. The van der Waals surface area contributed by atoms with Gasteiger partial charge in [-0.2, -0.15) is 0 Å². The third kappa shape index (κ3) is 2.24. The molecular weight excluding hydrogens is 362 g/mol. The van der Waals surface area contributed by atoms with E-state index in [9.17, 15) is 20.0 Å². The van der Waals surface area contributed by atoms with Gasteiger partial charge in [-0.3, -0.25) is 15.1 Å². The molecule has 0 spiro atoms.